The first kappa shape index (κ1) is 26.2. The standard InChI is InChI=1S/C30H32FNO5/c1-20(2)36-25-9-6-7-22(14-25)18-32(19-29(34)35)28(33)15-21-11-12-27-24(13-21)17-30(3,37-27)16-23-8-4-5-10-26(23)31/h4-14,20H,15-19H2,1-3H3,(H,34,35)/t30-/m1/s1. The number of carbonyl (C=O) groups excluding carboxylic acids is 1. The van der Waals surface area contributed by atoms with Crippen LogP contribution >= 0.6 is 0 Å². The zero-order valence-electron chi connectivity index (χ0n) is 21.4. The fourth-order valence-electron chi connectivity index (χ4n) is 4.72. The molecule has 1 aliphatic heterocycles. The Balaban J connectivity index is 1.45. The Morgan fingerprint density at radius 3 is 2.59 bits per heavy atom. The molecule has 0 spiro atoms. The molecule has 6 nitrogen and oxygen atoms in total. The first-order chi connectivity index (χ1) is 17.6. The van der Waals surface area contributed by atoms with Crippen LogP contribution in [0.15, 0.2) is 66.7 Å². The summed E-state index contributed by atoms with van der Waals surface area (Å²) in [5.74, 6) is -0.221. The highest BCUT2D eigenvalue weighted by molar-refractivity contribution is 5.83. The highest BCUT2D eigenvalue weighted by Gasteiger charge is 2.36. The molecule has 0 unspecified atom stereocenters. The maximum Gasteiger partial charge on any atom is 0.323 e. The number of rotatable bonds is 10. The second kappa shape index (κ2) is 11.0. The topological polar surface area (TPSA) is 76.1 Å². The summed E-state index contributed by atoms with van der Waals surface area (Å²) >= 11 is 0. The maximum atomic E-state index is 14.2. The summed E-state index contributed by atoms with van der Waals surface area (Å²) in [4.78, 5) is 26.0. The molecule has 3 aromatic rings. The van der Waals surface area contributed by atoms with Gasteiger partial charge in [-0.3, -0.25) is 9.59 Å². The summed E-state index contributed by atoms with van der Waals surface area (Å²) in [6.45, 7) is 5.57. The van der Waals surface area contributed by atoms with E-state index in [1.807, 2.05) is 69.3 Å². The Morgan fingerprint density at radius 2 is 1.86 bits per heavy atom. The Labute approximate surface area is 216 Å². The van der Waals surface area contributed by atoms with Crippen LogP contribution in [0.5, 0.6) is 11.5 Å². The number of ether oxygens (including phenoxy) is 2. The number of hydrogen-bond acceptors (Lipinski definition) is 4. The highest BCUT2D eigenvalue weighted by Crippen LogP contribution is 2.38. The van der Waals surface area contributed by atoms with Crippen LogP contribution in [0.1, 0.15) is 43.0 Å². The first-order valence-electron chi connectivity index (χ1n) is 12.4. The molecule has 0 radical (unpaired) electrons. The zero-order chi connectivity index (χ0) is 26.6. The van der Waals surface area contributed by atoms with Gasteiger partial charge in [0.05, 0.1) is 12.5 Å². The van der Waals surface area contributed by atoms with Crippen LogP contribution < -0.4 is 9.47 Å². The highest BCUT2D eigenvalue weighted by atomic mass is 19.1. The Morgan fingerprint density at radius 1 is 1.08 bits per heavy atom. The van der Waals surface area contributed by atoms with Crippen molar-refractivity contribution < 1.29 is 28.6 Å². The van der Waals surface area contributed by atoms with Crippen molar-refractivity contribution in [3.05, 3.63) is 94.8 Å². The molecule has 0 bridgehead atoms. The minimum absolute atomic E-state index is 0.00404. The van der Waals surface area contributed by atoms with Gasteiger partial charge in [-0.1, -0.05) is 42.5 Å². The molecule has 1 N–H and O–H groups in total. The number of aliphatic carboxylic acids is 1. The van der Waals surface area contributed by atoms with Crippen LogP contribution in [0.25, 0.3) is 0 Å². The number of fused-ring (bicyclic) bond motifs is 1. The summed E-state index contributed by atoms with van der Waals surface area (Å²) in [5, 5.41) is 9.41. The average molecular weight is 506 g/mol. The van der Waals surface area contributed by atoms with Crippen molar-refractivity contribution >= 4 is 11.9 Å². The Hall–Kier alpha value is -3.87. The largest absolute Gasteiger partial charge is 0.491 e. The monoisotopic (exact) mass is 505 g/mol. The van der Waals surface area contributed by atoms with Gasteiger partial charge in [0.2, 0.25) is 5.91 Å². The minimum Gasteiger partial charge on any atom is -0.491 e. The van der Waals surface area contributed by atoms with Gasteiger partial charge in [-0.25, -0.2) is 4.39 Å². The molecule has 37 heavy (non-hydrogen) atoms. The molecule has 0 fully saturated rings. The number of carboxylic acid groups (broad SMARTS) is 1. The lowest BCUT2D eigenvalue weighted by Crippen LogP contribution is -2.36. The summed E-state index contributed by atoms with van der Waals surface area (Å²) in [5.41, 5.74) is 2.52. The van der Waals surface area contributed by atoms with Crippen LogP contribution in [0.2, 0.25) is 0 Å². The summed E-state index contributed by atoms with van der Waals surface area (Å²) in [6.07, 6.45) is 1.08. The quantitative estimate of drug-likeness (QED) is 0.410. The normalized spacial score (nSPS) is 16.2. The maximum absolute atomic E-state index is 14.2. The minimum atomic E-state index is -1.07. The van der Waals surface area contributed by atoms with Crippen molar-refractivity contribution in [3.63, 3.8) is 0 Å². The lowest BCUT2D eigenvalue weighted by atomic mass is 9.91. The van der Waals surface area contributed by atoms with Crippen LogP contribution in [-0.4, -0.2) is 40.1 Å². The first-order valence-corrected chi connectivity index (χ1v) is 12.4. The van der Waals surface area contributed by atoms with E-state index in [-0.39, 0.29) is 30.8 Å². The van der Waals surface area contributed by atoms with Gasteiger partial charge in [0, 0.05) is 19.4 Å². The molecule has 4 rings (SSSR count). The molecular weight excluding hydrogens is 473 g/mol. The fourth-order valence-corrected chi connectivity index (χ4v) is 4.72. The second-order valence-electron chi connectivity index (χ2n) is 10.1. The predicted octanol–water partition coefficient (Wildman–Crippen LogP) is 5.21. The van der Waals surface area contributed by atoms with E-state index in [2.05, 4.69) is 0 Å². The molecule has 7 heteroatoms. The van der Waals surface area contributed by atoms with Crippen molar-refractivity contribution in [2.24, 2.45) is 0 Å². The van der Waals surface area contributed by atoms with E-state index in [0.717, 1.165) is 22.4 Å². The predicted molar refractivity (Wildman–Crippen MR) is 138 cm³/mol. The van der Waals surface area contributed by atoms with Gasteiger partial charge in [-0.2, -0.15) is 0 Å². The van der Waals surface area contributed by atoms with E-state index in [1.165, 1.54) is 11.0 Å². The number of benzene rings is 3. The van der Waals surface area contributed by atoms with Gasteiger partial charge in [0.15, 0.2) is 0 Å². The van der Waals surface area contributed by atoms with Gasteiger partial charge in [-0.05, 0) is 67.3 Å². The van der Waals surface area contributed by atoms with E-state index in [4.69, 9.17) is 9.47 Å². The molecule has 3 aromatic carbocycles. The van der Waals surface area contributed by atoms with Crippen LogP contribution in [0.4, 0.5) is 4.39 Å². The second-order valence-corrected chi connectivity index (χ2v) is 10.1. The van der Waals surface area contributed by atoms with Crippen molar-refractivity contribution in [2.45, 2.75) is 58.3 Å². The van der Waals surface area contributed by atoms with Crippen LogP contribution in [0, 0.1) is 5.82 Å². The van der Waals surface area contributed by atoms with Crippen molar-refractivity contribution in [1.29, 1.82) is 0 Å². The smallest absolute Gasteiger partial charge is 0.323 e. The average Bonchev–Trinajstić information content (AvgIpc) is 3.15. The number of nitrogens with zero attached hydrogens (tertiary/aromatic N) is 1. The van der Waals surface area contributed by atoms with E-state index >= 15 is 0 Å². The third kappa shape index (κ3) is 6.88. The van der Waals surface area contributed by atoms with E-state index < -0.39 is 18.1 Å². The van der Waals surface area contributed by atoms with Gasteiger partial charge in [0.25, 0.3) is 0 Å². The molecule has 1 heterocycles. The molecule has 0 aliphatic carbocycles. The number of carbonyl (C=O) groups is 2. The molecule has 1 aliphatic rings. The van der Waals surface area contributed by atoms with Crippen molar-refractivity contribution in [3.8, 4) is 11.5 Å². The zero-order valence-corrected chi connectivity index (χ0v) is 21.4. The molecule has 194 valence electrons. The summed E-state index contributed by atoms with van der Waals surface area (Å²) in [6, 6.07) is 19.6. The van der Waals surface area contributed by atoms with Gasteiger partial charge in [-0.15, -0.1) is 0 Å². The molecule has 1 amide bonds. The van der Waals surface area contributed by atoms with E-state index in [9.17, 15) is 19.1 Å². The third-order valence-electron chi connectivity index (χ3n) is 6.25. The number of amides is 1. The Kier molecular flexibility index (Phi) is 7.81. The van der Waals surface area contributed by atoms with E-state index in [1.54, 1.807) is 12.1 Å². The van der Waals surface area contributed by atoms with Gasteiger partial charge in [0.1, 0.15) is 29.5 Å². The van der Waals surface area contributed by atoms with Gasteiger partial charge < -0.3 is 19.5 Å². The van der Waals surface area contributed by atoms with Crippen LogP contribution in [0.3, 0.4) is 0 Å². The molecule has 0 saturated heterocycles. The van der Waals surface area contributed by atoms with Crippen molar-refractivity contribution in [2.75, 3.05) is 6.54 Å². The van der Waals surface area contributed by atoms with Crippen molar-refractivity contribution in [1.82, 2.24) is 4.90 Å². The van der Waals surface area contributed by atoms with Gasteiger partial charge >= 0.3 is 5.97 Å². The Bertz CT molecular complexity index is 1290. The SMILES string of the molecule is CC(C)Oc1cccc(CN(CC(=O)O)C(=O)Cc2ccc3c(c2)C[C@@](C)(Cc2ccccc2F)O3)c1. The summed E-state index contributed by atoms with van der Waals surface area (Å²) in [7, 11) is 0. The fraction of sp³-hybridized carbons (Fsp3) is 0.333. The lowest BCUT2D eigenvalue weighted by Gasteiger charge is -2.24. The number of halogens is 1. The van der Waals surface area contributed by atoms with E-state index in [0.29, 0.717) is 24.2 Å². The molecular formula is C30H32FNO5. The number of hydrogen-bond donors (Lipinski definition) is 1. The summed E-state index contributed by atoms with van der Waals surface area (Å²) < 4.78 is 26.1. The lowest BCUT2D eigenvalue weighted by molar-refractivity contribution is -0.144. The molecule has 1 atom stereocenters. The molecule has 0 aromatic heterocycles. The molecule has 0 saturated carbocycles. The third-order valence-corrected chi connectivity index (χ3v) is 6.25. The number of carboxylic acids is 1. The van der Waals surface area contributed by atoms with Crippen LogP contribution in [-0.2, 0) is 35.4 Å².